The molecule has 0 unspecified atom stereocenters. The lowest BCUT2D eigenvalue weighted by Crippen LogP contribution is -2.16. The molecule has 3 rings (SSSR count). The van der Waals surface area contributed by atoms with Crippen LogP contribution < -0.4 is 5.43 Å². The average Bonchev–Trinajstić information content (AvgIpc) is 2.48. The molecular formula is C18H15NO2. The van der Waals surface area contributed by atoms with E-state index in [9.17, 15) is 9.59 Å². The molecule has 0 aliphatic carbocycles. The summed E-state index contributed by atoms with van der Waals surface area (Å²) < 4.78 is 0. The predicted octanol–water partition coefficient (Wildman–Crippen LogP) is 3.38. The molecule has 21 heavy (non-hydrogen) atoms. The predicted molar refractivity (Wildman–Crippen MR) is 83.9 cm³/mol. The van der Waals surface area contributed by atoms with Crippen LogP contribution in [0.25, 0.3) is 10.9 Å². The van der Waals surface area contributed by atoms with Gasteiger partial charge in [-0.3, -0.25) is 9.59 Å². The van der Waals surface area contributed by atoms with Crippen molar-refractivity contribution in [1.82, 2.24) is 4.98 Å². The van der Waals surface area contributed by atoms with Crippen LogP contribution in [0.15, 0.2) is 53.5 Å². The lowest BCUT2D eigenvalue weighted by molar-refractivity contribution is 0.103. The van der Waals surface area contributed by atoms with E-state index in [4.69, 9.17) is 0 Å². The van der Waals surface area contributed by atoms with E-state index in [1.807, 2.05) is 38.1 Å². The van der Waals surface area contributed by atoms with Gasteiger partial charge in [-0.25, -0.2) is 0 Å². The van der Waals surface area contributed by atoms with Crippen molar-refractivity contribution in [1.29, 1.82) is 0 Å². The van der Waals surface area contributed by atoms with E-state index >= 15 is 0 Å². The van der Waals surface area contributed by atoms with E-state index in [0.717, 1.165) is 16.6 Å². The fourth-order valence-corrected chi connectivity index (χ4v) is 2.36. The smallest absolute Gasteiger partial charge is 0.200 e. The molecule has 1 aromatic heterocycles. The number of nitrogens with one attached hydrogen (secondary N) is 1. The molecule has 0 fully saturated rings. The first-order valence-corrected chi connectivity index (χ1v) is 6.79. The Morgan fingerprint density at radius 3 is 2.33 bits per heavy atom. The van der Waals surface area contributed by atoms with Gasteiger partial charge >= 0.3 is 0 Å². The Bertz CT molecular complexity index is 889. The van der Waals surface area contributed by atoms with Crippen molar-refractivity contribution in [2.75, 3.05) is 0 Å². The fourth-order valence-electron chi connectivity index (χ4n) is 2.36. The number of hydrogen-bond donors (Lipinski definition) is 1. The maximum absolute atomic E-state index is 12.5. The minimum absolute atomic E-state index is 0.178. The molecule has 1 heterocycles. The van der Waals surface area contributed by atoms with Crippen LogP contribution in [0.1, 0.15) is 27.0 Å². The van der Waals surface area contributed by atoms with E-state index < -0.39 is 0 Å². The van der Waals surface area contributed by atoms with Gasteiger partial charge < -0.3 is 4.98 Å². The summed E-state index contributed by atoms with van der Waals surface area (Å²) in [6, 6.07) is 12.8. The second kappa shape index (κ2) is 5.02. The maximum Gasteiger partial charge on any atom is 0.200 e. The normalized spacial score (nSPS) is 10.8. The van der Waals surface area contributed by atoms with E-state index in [0.29, 0.717) is 10.9 Å². The third-order valence-corrected chi connectivity index (χ3v) is 3.59. The van der Waals surface area contributed by atoms with Gasteiger partial charge in [0.1, 0.15) is 0 Å². The van der Waals surface area contributed by atoms with Crippen molar-refractivity contribution in [2.24, 2.45) is 0 Å². The first-order valence-electron chi connectivity index (χ1n) is 6.79. The Kier molecular flexibility index (Phi) is 3.18. The number of aromatic nitrogens is 1. The summed E-state index contributed by atoms with van der Waals surface area (Å²) in [5.41, 5.74) is 3.29. The summed E-state index contributed by atoms with van der Waals surface area (Å²) in [5.74, 6) is -0.250. The zero-order valence-electron chi connectivity index (χ0n) is 11.9. The first kappa shape index (κ1) is 13.3. The molecule has 2 aromatic carbocycles. The Hall–Kier alpha value is -2.68. The van der Waals surface area contributed by atoms with Crippen LogP contribution in [0.2, 0.25) is 0 Å². The maximum atomic E-state index is 12.5. The van der Waals surface area contributed by atoms with Crippen LogP contribution in [-0.2, 0) is 0 Å². The van der Waals surface area contributed by atoms with Crippen molar-refractivity contribution in [3.05, 3.63) is 81.1 Å². The number of aryl methyl sites for hydroxylation is 2. The first-order chi connectivity index (χ1) is 10.1. The summed E-state index contributed by atoms with van der Waals surface area (Å²) in [5, 5.41) is 0.549. The van der Waals surface area contributed by atoms with Crippen LogP contribution in [0.3, 0.4) is 0 Å². The molecule has 104 valence electrons. The lowest BCUT2D eigenvalue weighted by Gasteiger charge is -2.04. The molecule has 3 nitrogen and oxygen atoms in total. The highest BCUT2D eigenvalue weighted by Gasteiger charge is 2.14. The van der Waals surface area contributed by atoms with Gasteiger partial charge in [0.05, 0.1) is 5.56 Å². The third kappa shape index (κ3) is 2.38. The van der Waals surface area contributed by atoms with E-state index in [1.165, 1.54) is 6.20 Å². The quantitative estimate of drug-likeness (QED) is 0.730. The number of carbonyl (C=O) groups is 1. The Balaban J connectivity index is 2.16. The molecule has 0 radical (unpaired) electrons. The number of ketones is 1. The minimum Gasteiger partial charge on any atom is -0.360 e. The molecule has 3 aromatic rings. The van der Waals surface area contributed by atoms with Gasteiger partial charge in [-0.1, -0.05) is 41.5 Å². The molecule has 0 atom stereocenters. The highest BCUT2D eigenvalue weighted by Crippen LogP contribution is 2.13. The number of benzene rings is 2. The molecule has 0 saturated carbocycles. The average molecular weight is 277 g/mol. The van der Waals surface area contributed by atoms with Gasteiger partial charge in [-0.15, -0.1) is 0 Å². The summed E-state index contributed by atoms with van der Waals surface area (Å²) in [6.07, 6.45) is 1.50. The van der Waals surface area contributed by atoms with Gasteiger partial charge in [0.25, 0.3) is 0 Å². The van der Waals surface area contributed by atoms with Crippen molar-refractivity contribution in [3.8, 4) is 0 Å². The van der Waals surface area contributed by atoms with Crippen LogP contribution >= 0.6 is 0 Å². The second-order valence-corrected chi connectivity index (χ2v) is 5.28. The number of H-pyrrole nitrogens is 1. The van der Waals surface area contributed by atoms with Gasteiger partial charge in [-0.2, -0.15) is 0 Å². The Morgan fingerprint density at radius 2 is 1.62 bits per heavy atom. The van der Waals surface area contributed by atoms with Crippen molar-refractivity contribution >= 4 is 16.7 Å². The van der Waals surface area contributed by atoms with E-state index in [2.05, 4.69) is 4.98 Å². The van der Waals surface area contributed by atoms with Gasteiger partial charge in [0, 0.05) is 22.7 Å². The zero-order valence-corrected chi connectivity index (χ0v) is 11.9. The molecular weight excluding hydrogens is 262 g/mol. The monoisotopic (exact) mass is 277 g/mol. The number of hydrogen-bond acceptors (Lipinski definition) is 2. The number of fused-ring (bicyclic) bond motifs is 1. The molecule has 0 saturated heterocycles. The fraction of sp³-hybridized carbons (Fsp3) is 0.111. The molecule has 0 aliphatic rings. The van der Waals surface area contributed by atoms with Crippen LogP contribution in [0, 0.1) is 13.8 Å². The summed E-state index contributed by atoms with van der Waals surface area (Å²) >= 11 is 0. The number of aromatic amines is 1. The highest BCUT2D eigenvalue weighted by molar-refractivity contribution is 6.10. The van der Waals surface area contributed by atoms with Gasteiger partial charge in [0.15, 0.2) is 5.78 Å². The molecule has 0 aliphatic heterocycles. The zero-order chi connectivity index (χ0) is 15.0. The van der Waals surface area contributed by atoms with Crippen LogP contribution in [0.5, 0.6) is 0 Å². The molecule has 0 spiro atoms. The lowest BCUT2D eigenvalue weighted by atomic mass is 10.0. The molecule has 3 heteroatoms. The minimum atomic E-state index is -0.250. The SMILES string of the molecule is Cc1ccc(C(=O)c2c[nH]c3ccc(C)cc3c2=O)cc1. The van der Waals surface area contributed by atoms with Crippen molar-refractivity contribution < 1.29 is 4.79 Å². The molecule has 1 N–H and O–H groups in total. The van der Waals surface area contributed by atoms with Gasteiger partial charge in [-0.05, 0) is 26.0 Å². The number of carbonyl (C=O) groups excluding carboxylic acids is 1. The summed E-state index contributed by atoms with van der Waals surface area (Å²) in [6.45, 7) is 3.88. The number of rotatable bonds is 2. The van der Waals surface area contributed by atoms with Crippen molar-refractivity contribution in [3.63, 3.8) is 0 Å². The topological polar surface area (TPSA) is 49.9 Å². The summed E-state index contributed by atoms with van der Waals surface area (Å²) in [7, 11) is 0. The Morgan fingerprint density at radius 1 is 0.952 bits per heavy atom. The Labute approximate surface area is 122 Å². The largest absolute Gasteiger partial charge is 0.360 e. The van der Waals surface area contributed by atoms with Crippen LogP contribution in [0.4, 0.5) is 0 Å². The van der Waals surface area contributed by atoms with E-state index in [1.54, 1.807) is 18.2 Å². The number of pyridine rings is 1. The highest BCUT2D eigenvalue weighted by atomic mass is 16.1. The van der Waals surface area contributed by atoms with Gasteiger partial charge in [0.2, 0.25) is 5.43 Å². The second-order valence-electron chi connectivity index (χ2n) is 5.28. The van der Waals surface area contributed by atoms with E-state index in [-0.39, 0.29) is 16.8 Å². The van der Waals surface area contributed by atoms with Crippen molar-refractivity contribution in [2.45, 2.75) is 13.8 Å². The van der Waals surface area contributed by atoms with Crippen LogP contribution in [-0.4, -0.2) is 10.8 Å². The molecule has 0 bridgehead atoms. The third-order valence-electron chi connectivity index (χ3n) is 3.59. The summed E-state index contributed by atoms with van der Waals surface area (Å²) in [4.78, 5) is 28.0. The standard InChI is InChI=1S/C18H15NO2/c1-11-3-6-13(7-4-11)17(20)15-10-19-16-8-5-12(2)9-14(16)18(15)21/h3-10H,1-2H3,(H,19,21). The molecule has 0 amide bonds.